The monoisotopic (exact) mass is 343 g/mol. The molecule has 16 heavy (non-hydrogen) atoms. The quantitative estimate of drug-likeness (QED) is 0.909. The van der Waals surface area contributed by atoms with E-state index in [1.165, 1.54) is 0 Å². The van der Waals surface area contributed by atoms with Crippen LogP contribution in [0, 0.1) is 0 Å². The second-order valence-electron chi connectivity index (χ2n) is 3.06. The van der Waals surface area contributed by atoms with Crippen molar-refractivity contribution in [1.82, 2.24) is 15.0 Å². The molecule has 4 nitrogen and oxygen atoms in total. The average molecular weight is 345 g/mol. The van der Waals surface area contributed by atoms with Crippen molar-refractivity contribution in [2.75, 3.05) is 0 Å². The minimum atomic E-state index is -0.0603. The largest absolute Gasteiger partial charge is 0.392 e. The third-order valence-electron chi connectivity index (χ3n) is 1.91. The van der Waals surface area contributed by atoms with Crippen LogP contribution in [-0.4, -0.2) is 20.1 Å². The van der Waals surface area contributed by atoms with E-state index in [1.807, 2.05) is 6.07 Å². The molecule has 0 aromatic carbocycles. The summed E-state index contributed by atoms with van der Waals surface area (Å²) in [6, 6.07) is 1.88. The lowest BCUT2D eigenvalue weighted by Gasteiger charge is -2.02. The maximum absolute atomic E-state index is 8.88. The second kappa shape index (κ2) is 4.99. The van der Waals surface area contributed by atoms with Gasteiger partial charge < -0.3 is 5.11 Å². The maximum atomic E-state index is 8.88. The van der Waals surface area contributed by atoms with Gasteiger partial charge >= 0.3 is 0 Å². The van der Waals surface area contributed by atoms with Crippen LogP contribution in [0.1, 0.15) is 5.56 Å². The number of aliphatic hydroxyl groups is 1. The summed E-state index contributed by atoms with van der Waals surface area (Å²) in [6.07, 6.45) is 4.85. The molecule has 6 heteroatoms. The summed E-state index contributed by atoms with van der Waals surface area (Å²) in [6.45, 7) is -0.0603. The number of aliphatic hydroxyl groups excluding tert-OH is 1. The molecule has 0 radical (unpaired) electrons. The maximum Gasteiger partial charge on any atom is 0.179 e. The smallest absolute Gasteiger partial charge is 0.179 e. The zero-order chi connectivity index (χ0) is 11.5. The Labute approximate surface area is 109 Å². The summed E-state index contributed by atoms with van der Waals surface area (Å²) < 4.78 is 1.70. The van der Waals surface area contributed by atoms with Crippen molar-refractivity contribution in [2.45, 2.75) is 6.61 Å². The second-order valence-corrected chi connectivity index (χ2v) is 4.83. The van der Waals surface area contributed by atoms with Gasteiger partial charge in [0.2, 0.25) is 0 Å². The third-order valence-corrected chi connectivity index (χ3v) is 2.95. The van der Waals surface area contributed by atoms with Crippen LogP contribution in [-0.2, 0) is 6.61 Å². The third kappa shape index (κ3) is 2.45. The molecule has 0 spiro atoms. The van der Waals surface area contributed by atoms with Crippen LogP contribution in [0.2, 0.25) is 0 Å². The lowest BCUT2D eigenvalue weighted by molar-refractivity contribution is 0.281. The van der Waals surface area contributed by atoms with E-state index >= 15 is 0 Å². The number of rotatable bonds is 2. The summed E-state index contributed by atoms with van der Waals surface area (Å²) in [5.74, 6) is 0.525. The minimum Gasteiger partial charge on any atom is -0.392 e. The Morgan fingerprint density at radius 3 is 2.31 bits per heavy atom. The lowest BCUT2D eigenvalue weighted by atomic mass is 10.3. The summed E-state index contributed by atoms with van der Waals surface area (Å²) >= 11 is 6.72. The highest BCUT2D eigenvalue weighted by Gasteiger charge is 2.08. The Balaban J connectivity index is 2.42. The summed E-state index contributed by atoms with van der Waals surface area (Å²) in [5.41, 5.74) is 1.35. The number of halogens is 2. The first-order chi connectivity index (χ1) is 7.70. The van der Waals surface area contributed by atoms with Crippen molar-refractivity contribution < 1.29 is 5.11 Å². The van der Waals surface area contributed by atoms with Crippen LogP contribution in [0.3, 0.4) is 0 Å². The molecular formula is C10H7Br2N3O. The minimum absolute atomic E-state index is 0.0603. The number of hydrogen-bond acceptors (Lipinski definition) is 4. The molecule has 0 fully saturated rings. The van der Waals surface area contributed by atoms with Crippen molar-refractivity contribution in [3.63, 3.8) is 0 Å². The fourth-order valence-electron chi connectivity index (χ4n) is 1.14. The molecule has 0 aliphatic rings. The molecule has 0 saturated heterocycles. The van der Waals surface area contributed by atoms with Crippen molar-refractivity contribution in [1.29, 1.82) is 0 Å². The number of aromatic nitrogens is 3. The molecule has 1 N–H and O–H groups in total. The SMILES string of the molecule is OCc1cnc(-c2ncc(Br)cc2Br)nc1. The fourth-order valence-corrected chi connectivity index (χ4v) is 2.30. The van der Waals surface area contributed by atoms with Gasteiger partial charge in [0.15, 0.2) is 5.82 Å². The molecule has 2 aromatic rings. The molecule has 0 aliphatic carbocycles. The topological polar surface area (TPSA) is 58.9 Å². The van der Waals surface area contributed by atoms with Gasteiger partial charge in [-0.2, -0.15) is 0 Å². The lowest BCUT2D eigenvalue weighted by Crippen LogP contribution is -1.95. The van der Waals surface area contributed by atoms with Crippen LogP contribution in [0.15, 0.2) is 33.6 Å². The van der Waals surface area contributed by atoms with Crippen molar-refractivity contribution in [3.8, 4) is 11.5 Å². The highest BCUT2D eigenvalue weighted by Crippen LogP contribution is 2.25. The average Bonchev–Trinajstić information content (AvgIpc) is 2.29. The van der Waals surface area contributed by atoms with Gasteiger partial charge in [-0.25, -0.2) is 9.97 Å². The van der Waals surface area contributed by atoms with E-state index in [4.69, 9.17) is 5.11 Å². The number of pyridine rings is 1. The molecule has 0 amide bonds. The fraction of sp³-hybridized carbons (Fsp3) is 0.100. The highest BCUT2D eigenvalue weighted by molar-refractivity contribution is 9.11. The molecule has 2 rings (SSSR count). The van der Waals surface area contributed by atoms with Gasteiger partial charge in [-0.1, -0.05) is 0 Å². The normalized spacial score (nSPS) is 10.4. The first kappa shape index (κ1) is 11.6. The van der Waals surface area contributed by atoms with E-state index in [9.17, 15) is 0 Å². The molecule has 0 saturated carbocycles. The van der Waals surface area contributed by atoms with Gasteiger partial charge in [0.25, 0.3) is 0 Å². The molecule has 82 valence electrons. The van der Waals surface area contributed by atoms with Crippen LogP contribution >= 0.6 is 31.9 Å². The van der Waals surface area contributed by atoms with Gasteiger partial charge in [0.05, 0.1) is 6.61 Å². The van der Waals surface area contributed by atoms with Crippen LogP contribution in [0.4, 0.5) is 0 Å². The Morgan fingerprint density at radius 2 is 1.75 bits per heavy atom. The zero-order valence-corrected chi connectivity index (χ0v) is 11.2. The van der Waals surface area contributed by atoms with E-state index in [1.54, 1.807) is 18.6 Å². The van der Waals surface area contributed by atoms with Crippen molar-refractivity contribution in [2.24, 2.45) is 0 Å². The zero-order valence-electron chi connectivity index (χ0n) is 8.06. The molecule has 2 aromatic heterocycles. The van der Waals surface area contributed by atoms with E-state index in [2.05, 4.69) is 46.8 Å². The van der Waals surface area contributed by atoms with E-state index in [0.29, 0.717) is 17.1 Å². The van der Waals surface area contributed by atoms with Gasteiger partial charge in [-0.05, 0) is 37.9 Å². The first-order valence-corrected chi connectivity index (χ1v) is 6.02. The van der Waals surface area contributed by atoms with E-state index in [-0.39, 0.29) is 6.61 Å². The summed E-state index contributed by atoms with van der Waals surface area (Å²) in [5, 5.41) is 8.88. The van der Waals surface area contributed by atoms with Crippen LogP contribution in [0.5, 0.6) is 0 Å². The Morgan fingerprint density at radius 1 is 1.06 bits per heavy atom. The predicted octanol–water partition coefficient (Wildman–Crippen LogP) is 2.56. The van der Waals surface area contributed by atoms with Gasteiger partial charge in [-0.15, -0.1) is 0 Å². The van der Waals surface area contributed by atoms with Gasteiger partial charge in [0.1, 0.15) is 5.69 Å². The van der Waals surface area contributed by atoms with Crippen LogP contribution in [0.25, 0.3) is 11.5 Å². The molecular weight excluding hydrogens is 338 g/mol. The summed E-state index contributed by atoms with van der Waals surface area (Å²) in [7, 11) is 0. The van der Waals surface area contributed by atoms with Gasteiger partial charge in [-0.3, -0.25) is 4.98 Å². The Bertz CT molecular complexity index is 502. The molecule has 0 unspecified atom stereocenters. The van der Waals surface area contributed by atoms with Crippen molar-refractivity contribution in [3.05, 3.63) is 39.2 Å². The molecule has 0 bridgehead atoms. The van der Waals surface area contributed by atoms with Crippen molar-refractivity contribution >= 4 is 31.9 Å². The Hall–Kier alpha value is -0.850. The van der Waals surface area contributed by atoms with E-state index < -0.39 is 0 Å². The summed E-state index contributed by atoms with van der Waals surface area (Å²) in [4.78, 5) is 12.5. The molecule has 0 atom stereocenters. The standard InChI is InChI=1S/C10H7Br2N3O/c11-7-1-8(12)9(13-4-7)10-14-2-6(5-16)3-15-10/h1-4,16H,5H2. The molecule has 2 heterocycles. The number of nitrogens with zero attached hydrogens (tertiary/aromatic N) is 3. The van der Waals surface area contributed by atoms with Crippen LogP contribution < -0.4 is 0 Å². The molecule has 0 aliphatic heterocycles. The predicted molar refractivity (Wildman–Crippen MR) is 66.6 cm³/mol. The van der Waals surface area contributed by atoms with E-state index in [0.717, 1.165) is 8.95 Å². The number of hydrogen-bond donors (Lipinski definition) is 1. The van der Waals surface area contributed by atoms with Gasteiger partial charge in [0, 0.05) is 33.1 Å². The Kier molecular flexibility index (Phi) is 3.63. The first-order valence-electron chi connectivity index (χ1n) is 4.44. The highest BCUT2D eigenvalue weighted by atomic mass is 79.9.